The second-order valence-corrected chi connectivity index (χ2v) is 3.61. The van der Waals surface area contributed by atoms with Crippen LogP contribution in [0.15, 0.2) is 0 Å². The Kier molecular flexibility index (Phi) is 2.21. The molecule has 2 aliphatic carbocycles. The minimum atomic E-state index is -1.66. The van der Waals surface area contributed by atoms with Crippen LogP contribution in [-0.2, 0) is 4.74 Å². The van der Waals surface area contributed by atoms with Gasteiger partial charge < -0.3 is 4.74 Å². The molecule has 76 valence electrons. The number of rotatable bonds is 2. The first-order valence-electron chi connectivity index (χ1n) is 4.31. The summed E-state index contributed by atoms with van der Waals surface area (Å²) in [5.74, 6) is 0. The smallest absolute Gasteiger partial charge is 0.157 e. The van der Waals surface area contributed by atoms with Crippen molar-refractivity contribution in [3.05, 3.63) is 0 Å². The van der Waals surface area contributed by atoms with Gasteiger partial charge in [-0.2, -0.15) is 0 Å². The zero-order chi connectivity index (χ0) is 9.59. The molecule has 0 radical (unpaired) electrons. The van der Waals surface area contributed by atoms with Crippen molar-refractivity contribution in [3.8, 4) is 0 Å². The van der Waals surface area contributed by atoms with Gasteiger partial charge in [-0.3, -0.25) is 0 Å². The van der Waals surface area contributed by atoms with E-state index in [1.54, 1.807) is 0 Å². The van der Waals surface area contributed by atoms with E-state index in [0.717, 1.165) is 0 Å². The van der Waals surface area contributed by atoms with Crippen LogP contribution in [0.25, 0.3) is 0 Å². The van der Waals surface area contributed by atoms with Gasteiger partial charge in [-0.15, -0.1) is 0 Å². The fourth-order valence-electron chi connectivity index (χ4n) is 1.52. The van der Waals surface area contributed by atoms with Crippen molar-refractivity contribution in [2.24, 2.45) is 0 Å². The zero-order valence-electron chi connectivity index (χ0n) is 6.80. The van der Waals surface area contributed by atoms with Gasteiger partial charge in [0.25, 0.3) is 0 Å². The molecule has 0 N–H and O–H groups in total. The van der Waals surface area contributed by atoms with Crippen LogP contribution in [0.3, 0.4) is 0 Å². The van der Waals surface area contributed by atoms with E-state index in [0.29, 0.717) is 0 Å². The maximum atomic E-state index is 12.6. The number of halogens is 4. The van der Waals surface area contributed by atoms with Crippen LogP contribution in [0.2, 0.25) is 0 Å². The summed E-state index contributed by atoms with van der Waals surface area (Å²) in [5, 5.41) is 0. The largest absolute Gasteiger partial charge is 0.368 e. The van der Waals surface area contributed by atoms with Crippen LogP contribution in [0.5, 0.6) is 0 Å². The molecule has 0 amide bonds. The van der Waals surface area contributed by atoms with E-state index >= 15 is 0 Å². The van der Waals surface area contributed by atoms with Crippen molar-refractivity contribution < 1.29 is 22.3 Å². The van der Waals surface area contributed by atoms with Crippen molar-refractivity contribution >= 4 is 0 Å². The summed E-state index contributed by atoms with van der Waals surface area (Å²) in [4.78, 5) is 0. The average Bonchev–Trinajstić information content (AvgIpc) is 2.15. The van der Waals surface area contributed by atoms with Gasteiger partial charge >= 0.3 is 0 Å². The van der Waals surface area contributed by atoms with Crippen molar-refractivity contribution in [2.45, 2.75) is 49.7 Å². The molecule has 6 unspecified atom stereocenters. The van der Waals surface area contributed by atoms with Gasteiger partial charge in [0.05, 0.1) is 12.2 Å². The Bertz CT molecular complexity index is 181. The first-order valence-corrected chi connectivity index (χ1v) is 4.31. The highest BCUT2D eigenvalue weighted by molar-refractivity contribution is 4.97. The lowest BCUT2D eigenvalue weighted by atomic mass is 9.87. The normalized spacial score (nSPS) is 55.4. The Labute approximate surface area is 73.1 Å². The van der Waals surface area contributed by atoms with Crippen LogP contribution >= 0.6 is 0 Å². The third-order valence-corrected chi connectivity index (χ3v) is 2.67. The first-order chi connectivity index (χ1) is 6.09. The van der Waals surface area contributed by atoms with Crippen molar-refractivity contribution in [1.29, 1.82) is 0 Å². The maximum absolute atomic E-state index is 12.6. The van der Waals surface area contributed by atoms with E-state index in [4.69, 9.17) is 4.74 Å². The molecule has 2 aliphatic rings. The minimum Gasteiger partial charge on any atom is -0.368 e. The fourth-order valence-corrected chi connectivity index (χ4v) is 1.52. The summed E-state index contributed by atoms with van der Waals surface area (Å²) >= 11 is 0. The average molecular weight is 198 g/mol. The standard InChI is InChI=1S/C8H10F4O/c9-3-1-5(7(3)11)13-6-2-4(10)8(6)12/h3-8H,1-2H2. The predicted molar refractivity (Wildman–Crippen MR) is 37.5 cm³/mol. The lowest BCUT2D eigenvalue weighted by Crippen LogP contribution is -2.55. The molecular formula is C8H10F4O. The minimum absolute atomic E-state index is 0.0403. The Hall–Kier alpha value is -0.320. The Morgan fingerprint density at radius 2 is 1.15 bits per heavy atom. The molecule has 13 heavy (non-hydrogen) atoms. The highest BCUT2D eigenvalue weighted by Crippen LogP contribution is 2.37. The Morgan fingerprint density at radius 3 is 1.38 bits per heavy atom. The van der Waals surface area contributed by atoms with Crippen LogP contribution in [0, 0.1) is 0 Å². The quantitative estimate of drug-likeness (QED) is 0.616. The molecule has 2 fully saturated rings. The monoisotopic (exact) mass is 198 g/mol. The van der Waals surface area contributed by atoms with E-state index in [2.05, 4.69) is 0 Å². The molecule has 0 bridgehead atoms. The second-order valence-electron chi connectivity index (χ2n) is 3.61. The molecule has 0 heterocycles. The van der Waals surface area contributed by atoms with E-state index < -0.39 is 36.9 Å². The Balaban J connectivity index is 1.75. The molecular weight excluding hydrogens is 188 g/mol. The van der Waals surface area contributed by atoms with E-state index in [9.17, 15) is 17.6 Å². The van der Waals surface area contributed by atoms with Gasteiger partial charge in [0.1, 0.15) is 12.3 Å². The molecule has 0 spiro atoms. The molecule has 2 saturated carbocycles. The van der Waals surface area contributed by atoms with Crippen molar-refractivity contribution in [1.82, 2.24) is 0 Å². The van der Waals surface area contributed by atoms with Gasteiger partial charge in [0.15, 0.2) is 12.3 Å². The molecule has 0 aromatic rings. The summed E-state index contributed by atoms with van der Waals surface area (Å²) in [6.07, 6.45) is -8.13. The van der Waals surface area contributed by atoms with E-state index in [-0.39, 0.29) is 12.8 Å². The number of hydrogen-bond acceptors (Lipinski definition) is 1. The molecule has 0 aliphatic heterocycles. The topological polar surface area (TPSA) is 9.23 Å². The van der Waals surface area contributed by atoms with Crippen LogP contribution in [0.1, 0.15) is 12.8 Å². The van der Waals surface area contributed by atoms with Gasteiger partial charge in [0.2, 0.25) is 0 Å². The van der Waals surface area contributed by atoms with Crippen molar-refractivity contribution in [2.75, 3.05) is 0 Å². The first kappa shape index (κ1) is 9.24. The lowest BCUT2D eigenvalue weighted by molar-refractivity contribution is -0.193. The molecule has 2 rings (SSSR count). The van der Waals surface area contributed by atoms with Gasteiger partial charge in [0, 0.05) is 12.8 Å². The summed E-state index contributed by atoms with van der Waals surface area (Å²) < 4.78 is 54.6. The Morgan fingerprint density at radius 1 is 0.769 bits per heavy atom. The molecule has 6 atom stereocenters. The number of alkyl halides is 4. The second kappa shape index (κ2) is 3.12. The van der Waals surface area contributed by atoms with Crippen LogP contribution in [-0.4, -0.2) is 36.9 Å². The SMILES string of the molecule is FC1CC(OC2CC(F)C2F)C1F. The highest BCUT2D eigenvalue weighted by Gasteiger charge is 2.49. The third kappa shape index (κ3) is 1.43. The lowest BCUT2D eigenvalue weighted by Gasteiger charge is -2.41. The summed E-state index contributed by atoms with van der Waals surface area (Å²) in [6.45, 7) is 0. The number of hydrogen-bond donors (Lipinski definition) is 0. The van der Waals surface area contributed by atoms with Gasteiger partial charge in [-0.1, -0.05) is 0 Å². The number of ether oxygens (including phenoxy) is 1. The maximum Gasteiger partial charge on any atom is 0.157 e. The molecule has 0 aromatic heterocycles. The fraction of sp³-hybridized carbons (Fsp3) is 1.00. The summed E-state index contributed by atoms with van der Waals surface area (Å²) in [6, 6.07) is 0. The van der Waals surface area contributed by atoms with Gasteiger partial charge in [-0.05, 0) is 0 Å². The summed E-state index contributed by atoms with van der Waals surface area (Å²) in [5.41, 5.74) is 0. The molecule has 0 aromatic carbocycles. The molecule has 5 heteroatoms. The third-order valence-electron chi connectivity index (χ3n) is 2.67. The summed E-state index contributed by atoms with van der Waals surface area (Å²) in [7, 11) is 0. The predicted octanol–water partition coefficient (Wildman–Crippen LogP) is 1.90. The highest BCUT2D eigenvalue weighted by atomic mass is 19.2. The van der Waals surface area contributed by atoms with Crippen LogP contribution in [0.4, 0.5) is 17.6 Å². The van der Waals surface area contributed by atoms with Gasteiger partial charge in [-0.25, -0.2) is 17.6 Å². The van der Waals surface area contributed by atoms with Crippen molar-refractivity contribution in [3.63, 3.8) is 0 Å². The van der Waals surface area contributed by atoms with E-state index in [1.807, 2.05) is 0 Å². The van der Waals surface area contributed by atoms with Crippen LogP contribution < -0.4 is 0 Å². The molecule has 0 saturated heterocycles. The molecule has 1 nitrogen and oxygen atoms in total. The zero-order valence-corrected chi connectivity index (χ0v) is 6.80. The van der Waals surface area contributed by atoms with E-state index in [1.165, 1.54) is 0 Å².